The Kier molecular flexibility index (Phi) is 6.50. The van der Waals surface area contributed by atoms with Crippen molar-refractivity contribution in [3.05, 3.63) is 34.9 Å². The van der Waals surface area contributed by atoms with Crippen LogP contribution in [0.15, 0.2) is 18.2 Å². The van der Waals surface area contributed by atoms with Gasteiger partial charge in [-0.25, -0.2) is 0 Å². The molecule has 1 aromatic carbocycles. The molecule has 0 spiro atoms. The highest BCUT2D eigenvalue weighted by Gasteiger charge is 2.36. The maximum Gasteiger partial charge on any atom is 0.416 e. The molecule has 25 heavy (non-hydrogen) atoms. The van der Waals surface area contributed by atoms with E-state index in [1.165, 1.54) is 0 Å². The number of carbonyl (C=O) groups excluding carboxylic acids is 1. The van der Waals surface area contributed by atoms with Gasteiger partial charge >= 0.3 is 18.3 Å². The molecule has 0 saturated carbocycles. The predicted octanol–water partition coefficient (Wildman–Crippen LogP) is 4.55. The van der Waals surface area contributed by atoms with E-state index in [1.807, 2.05) is 0 Å². The Balaban J connectivity index is 2.74. The van der Waals surface area contributed by atoms with E-state index in [4.69, 9.17) is 4.74 Å². The zero-order valence-electron chi connectivity index (χ0n) is 13.9. The van der Waals surface area contributed by atoms with Gasteiger partial charge in [0.2, 0.25) is 0 Å². The lowest BCUT2D eigenvalue weighted by molar-refractivity contribution is -0.154. The van der Waals surface area contributed by atoms with Gasteiger partial charge in [0.25, 0.3) is 0 Å². The minimum atomic E-state index is -4.88. The van der Waals surface area contributed by atoms with E-state index in [0.29, 0.717) is 12.1 Å². The first-order valence-electron chi connectivity index (χ1n) is 7.39. The van der Waals surface area contributed by atoms with Gasteiger partial charge in [0.1, 0.15) is 5.60 Å². The molecular formula is C16H19F6NO2. The molecule has 1 rings (SSSR count). The number of hydrogen-bond donors (Lipinski definition) is 1. The summed E-state index contributed by atoms with van der Waals surface area (Å²) in [6.07, 6.45) is -9.82. The fourth-order valence-electron chi connectivity index (χ4n) is 1.94. The first-order chi connectivity index (χ1) is 11.2. The van der Waals surface area contributed by atoms with Crippen molar-refractivity contribution >= 4 is 5.97 Å². The third-order valence-corrected chi connectivity index (χ3v) is 2.90. The minimum Gasteiger partial charge on any atom is -0.460 e. The molecule has 0 atom stereocenters. The third-order valence-electron chi connectivity index (χ3n) is 2.90. The fraction of sp³-hybridized carbons (Fsp3) is 0.562. The van der Waals surface area contributed by atoms with Crippen molar-refractivity contribution in [1.29, 1.82) is 0 Å². The van der Waals surface area contributed by atoms with Crippen LogP contribution in [0.25, 0.3) is 0 Å². The second kappa shape index (κ2) is 7.63. The van der Waals surface area contributed by atoms with E-state index >= 15 is 0 Å². The van der Waals surface area contributed by atoms with Crippen molar-refractivity contribution in [2.45, 2.75) is 51.7 Å². The lowest BCUT2D eigenvalue weighted by Crippen LogP contribution is -2.26. The number of rotatable bonds is 5. The van der Waals surface area contributed by atoms with Crippen LogP contribution >= 0.6 is 0 Å². The van der Waals surface area contributed by atoms with Crippen molar-refractivity contribution in [2.24, 2.45) is 0 Å². The van der Waals surface area contributed by atoms with Crippen LogP contribution in [0.5, 0.6) is 0 Å². The van der Waals surface area contributed by atoms with Gasteiger partial charge in [0.15, 0.2) is 0 Å². The molecule has 0 heterocycles. The summed E-state index contributed by atoms with van der Waals surface area (Å²) < 4.78 is 81.5. The average Bonchev–Trinajstić information content (AvgIpc) is 2.39. The second-order valence-electron chi connectivity index (χ2n) is 6.43. The molecule has 0 saturated heterocycles. The molecule has 0 aliphatic rings. The van der Waals surface area contributed by atoms with Gasteiger partial charge in [-0.3, -0.25) is 4.79 Å². The molecule has 9 heteroatoms. The quantitative estimate of drug-likeness (QED) is 0.469. The molecule has 0 amide bonds. The molecule has 0 bridgehead atoms. The fourth-order valence-corrected chi connectivity index (χ4v) is 1.94. The molecule has 1 N–H and O–H groups in total. The first-order valence-corrected chi connectivity index (χ1v) is 7.39. The van der Waals surface area contributed by atoms with E-state index in [1.54, 1.807) is 20.8 Å². The Morgan fingerprint density at radius 2 is 1.44 bits per heavy atom. The Hall–Kier alpha value is -1.77. The molecule has 0 aliphatic carbocycles. The monoisotopic (exact) mass is 371 g/mol. The lowest BCUT2D eigenvalue weighted by Gasteiger charge is -2.19. The van der Waals surface area contributed by atoms with Crippen LogP contribution in [0, 0.1) is 0 Å². The Morgan fingerprint density at radius 1 is 0.960 bits per heavy atom. The predicted molar refractivity (Wildman–Crippen MR) is 78.6 cm³/mol. The highest BCUT2D eigenvalue weighted by molar-refractivity contribution is 5.70. The van der Waals surface area contributed by atoms with Crippen molar-refractivity contribution in [3.63, 3.8) is 0 Å². The number of alkyl halides is 6. The van der Waals surface area contributed by atoms with Gasteiger partial charge < -0.3 is 10.1 Å². The van der Waals surface area contributed by atoms with Crippen LogP contribution in [-0.2, 0) is 28.4 Å². The van der Waals surface area contributed by atoms with E-state index in [0.717, 1.165) is 0 Å². The summed E-state index contributed by atoms with van der Waals surface area (Å²) in [6.45, 7) is 4.86. The highest BCUT2D eigenvalue weighted by atomic mass is 19.4. The molecule has 0 aromatic heterocycles. The molecule has 142 valence electrons. The normalized spacial score (nSPS) is 13.0. The summed E-state index contributed by atoms with van der Waals surface area (Å²) in [6, 6.07) is 1.37. The van der Waals surface area contributed by atoms with E-state index in [2.05, 4.69) is 5.32 Å². The SMILES string of the molecule is CC(C)(C)OC(=O)CCNCc1cc(C(F)(F)F)cc(C(F)(F)F)c1. The van der Waals surface area contributed by atoms with E-state index < -0.39 is 35.0 Å². The Morgan fingerprint density at radius 3 is 1.84 bits per heavy atom. The van der Waals surface area contributed by atoms with Crippen LogP contribution in [0.3, 0.4) is 0 Å². The largest absolute Gasteiger partial charge is 0.460 e. The van der Waals surface area contributed by atoms with E-state index in [-0.39, 0.29) is 31.1 Å². The standard InChI is InChI=1S/C16H19F6NO2/c1-14(2,3)25-13(24)4-5-23-9-10-6-11(15(17,18)19)8-12(7-10)16(20,21)22/h6-8,23H,4-5,9H2,1-3H3. The maximum atomic E-state index is 12.7. The van der Waals surface area contributed by atoms with Gasteiger partial charge in [-0.1, -0.05) is 0 Å². The molecule has 0 radical (unpaired) electrons. The molecule has 0 fully saturated rings. The third kappa shape index (κ3) is 7.76. The van der Waals surface area contributed by atoms with Crippen LogP contribution < -0.4 is 5.32 Å². The van der Waals surface area contributed by atoms with Gasteiger partial charge in [-0.2, -0.15) is 26.3 Å². The van der Waals surface area contributed by atoms with E-state index in [9.17, 15) is 31.1 Å². The first kappa shape index (κ1) is 21.3. The van der Waals surface area contributed by atoms with Crippen LogP contribution in [0.4, 0.5) is 26.3 Å². The number of halogens is 6. The van der Waals surface area contributed by atoms with Crippen molar-refractivity contribution in [1.82, 2.24) is 5.32 Å². The number of carbonyl (C=O) groups is 1. The summed E-state index contributed by atoms with van der Waals surface area (Å²) in [5.41, 5.74) is -3.58. The number of ether oxygens (including phenoxy) is 1. The summed E-state index contributed by atoms with van der Waals surface area (Å²) in [5, 5.41) is 2.64. The van der Waals surface area contributed by atoms with Crippen molar-refractivity contribution in [2.75, 3.05) is 6.54 Å². The summed E-state index contributed by atoms with van der Waals surface area (Å²) in [7, 11) is 0. The molecule has 1 aromatic rings. The van der Waals surface area contributed by atoms with Crippen molar-refractivity contribution in [3.8, 4) is 0 Å². The topological polar surface area (TPSA) is 38.3 Å². The van der Waals surface area contributed by atoms with Gasteiger partial charge in [0, 0.05) is 13.1 Å². The molecule has 0 unspecified atom stereocenters. The number of hydrogen-bond acceptors (Lipinski definition) is 3. The van der Waals surface area contributed by atoms with Crippen LogP contribution in [-0.4, -0.2) is 18.1 Å². The Bertz CT molecular complexity index is 570. The van der Waals surface area contributed by atoms with Gasteiger partial charge in [0.05, 0.1) is 17.5 Å². The summed E-state index contributed by atoms with van der Waals surface area (Å²) >= 11 is 0. The second-order valence-corrected chi connectivity index (χ2v) is 6.43. The Labute approximate surface area is 141 Å². The van der Waals surface area contributed by atoms with Crippen LogP contribution in [0.1, 0.15) is 43.9 Å². The molecule has 3 nitrogen and oxygen atoms in total. The van der Waals surface area contributed by atoms with Gasteiger partial charge in [-0.05, 0) is 44.5 Å². The highest BCUT2D eigenvalue weighted by Crippen LogP contribution is 2.36. The summed E-state index contributed by atoms with van der Waals surface area (Å²) in [5.74, 6) is -0.514. The summed E-state index contributed by atoms with van der Waals surface area (Å²) in [4.78, 5) is 11.5. The molecular weight excluding hydrogens is 352 g/mol. The van der Waals surface area contributed by atoms with Crippen molar-refractivity contribution < 1.29 is 35.9 Å². The smallest absolute Gasteiger partial charge is 0.416 e. The number of nitrogens with one attached hydrogen (secondary N) is 1. The zero-order chi connectivity index (χ0) is 19.5. The maximum absolute atomic E-state index is 12.7. The molecule has 0 aliphatic heterocycles. The van der Waals surface area contributed by atoms with Crippen LogP contribution in [0.2, 0.25) is 0 Å². The average molecular weight is 371 g/mol. The minimum absolute atomic E-state index is 0.0532. The number of benzene rings is 1. The van der Waals surface area contributed by atoms with Gasteiger partial charge in [-0.15, -0.1) is 0 Å². The number of esters is 1. The lowest BCUT2D eigenvalue weighted by atomic mass is 10.0. The zero-order valence-corrected chi connectivity index (χ0v) is 13.9.